The number of nitrogens with one attached hydrogen (secondary N) is 1. The molecule has 0 aliphatic heterocycles. The first-order chi connectivity index (χ1) is 12.0. The maximum absolute atomic E-state index is 12.2. The van der Waals surface area contributed by atoms with Crippen molar-refractivity contribution in [2.75, 3.05) is 20.8 Å². The van der Waals surface area contributed by atoms with Crippen molar-refractivity contribution in [3.8, 4) is 17.2 Å². The Morgan fingerprint density at radius 3 is 2.28 bits per heavy atom. The van der Waals surface area contributed by atoms with Crippen molar-refractivity contribution in [1.29, 1.82) is 0 Å². The Labute approximate surface area is 148 Å². The van der Waals surface area contributed by atoms with Crippen LogP contribution in [0.5, 0.6) is 17.2 Å². The van der Waals surface area contributed by atoms with Crippen molar-refractivity contribution < 1.29 is 19.0 Å². The summed E-state index contributed by atoms with van der Waals surface area (Å²) in [7, 11) is 3.18. The molecule has 0 fully saturated rings. The summed E-state index contributed by atoms with van der Waals surface area (Å²) >= 11 is 0. The standard InChI is InChI=1S/C20H25NO4/c1-13-7-6-8-14(2)20(13)25-12-19(22)21-15(3)16-9-10-17(23-4)18(11-16)24-5/h6-11,15H,12H2,1-5H3,(H,21,22)/t15-/m1/s1. The third-order valence-electron chi connectivity index (χ3n) is 4.04. The molecule has 0 radical (unpaired) electrons. The zero-order chi connectivity index (χ0) is 18.4. The lowest BCUT2D eigenvalue weighted by molar-refractivity contribution is -0.123. The number of carbonyl (C=O) groups excluding carboxylic acids is 1. The second-order valence-corrected chi connectivity index (χ2v) is 5.91. The lowest BCUT2D eigenvalue weighted by Crippen LogP contribution is -2.31. The number of carbonyl (C=O) groups is 1. The van der Waals surface area contributed by atoms with Crippen LogP contribution in [-0.4, -0.2) is 26.7 Å². The highest BCUT2D eigenvalue weighted by molar-refractivity contribution is 5.78. The molecule has 1 amide bonds. The molecule has 0 unspecified atom stereocenters. The minimum atomic E-state index is -0.176. The maximum atomic E-state index is 12.2. The van der Waals surface area contributed by atoms with E-state index in [1.165, 1.54) is 0 Å². The van der Waals surface area contributed by atoms with E-state index in [1.807, 2.05) is 57.2 Å². The van der Waals surface area contributed by atoms with Crippen LogP contribution >= 0.6 is 0 Å². The summed E-state index contributed by atoms with van der Waals surface area (Å²) in [4.78, 5) is 12.2. The summed E-state index contributed by atoms with van der Waals surface area (Å²) in [5, 5.41) is 2.93. The molecule has 0 spiro atoms. The quantitative estimate of drug-likeness (QED) is 0.835. The Bertz CT molecular complexity index is 722. The number of rotatable bonds is 7. The van der Waals surface area contributed by atoms with Crippen molar-refractivity contribution in [2.45, 2.75) is 26.8 Å². The van der Waals surface area contributed by atoms with Gasteiger partial charge in [0.25, 0.3) is 5.91 Å². The van der Waals surface area contributed by atoms with Gasteiger partial charge in [0.05, 0.1) is 20.3 Å². The van der Waals surface area contributed by atoms with Crippen LogP contribution in [0.4, 0.5) is 0 Å². The predicted octanol–water partition coefficient (Wildman–Crippen LogP) is 3.58. The molecule has 0 saturated heterocycles. The molecule has 0 aliphatic rings. The van der Waals surface area contributed by atoms with Crippen LogP contribution in [0.15, 0.2) is 36.4 Å². The fourth-order valence-electron chi connectivity index (χ4n) is 2.65. The van der Waals surface area contributed by atoms with Gasteiger partial charge in [-0.1, -0.05) is 24.3 Å². The van der Waals surface area contributed by atoms with Gasteiger partial charge in [0.2, 0.25) is 0 Å². The maximum Gasteiger partial charge on any atom is 0.258 e. The Morgan fingerprint density at radius 2 is 1.68 bits per heavy atom. The minimum Gasteiger partial charge on any atom is -0.493 e. The summed E-state index contributed by atoms with van der Waals surface area (Å²) in [5.74, 6) is 1.87. The first kappa shape index (κ1) is 18.6. The van der Waals surface area contributed by atoms with Gasteiger partial charge in [-0.15, -0.1) is 0 Å². The summed E-state index contributed by atoms with van der Waals surface area (Å²) < 4.78 is 16.2. The summed E-state index contributed by atoms with van der Waals surface area (Å²) in [6.45, 7) is 5.82. The van der Waals surface area contributed by atoms with Crippen LogP contribution in [0.25, 0.3) is 0 Å². The summed E-state index contributed by atoms with van der Waals surface area (Å²) in [6, 6.07) is 11.3. The van der Waals surface area contributed by atoms with Gasteiger partial charge in [0.1, 0.15) is 5.75 Å². The molecule has 5 heteroatoms. The fraction of sp³-hybridized carbons (Fsp3) is 0.350. The topological polar surface area (TPSA) is 56.8 Å². The Morgan fingerprint density at radius 1 is 1.04 bits per heavy atom. The molecule has 0 heterocycles. The van der Waals surface area contributed by atoms with Crippen LogP contribution in [0.2, 0.25) is 0 Å². The van der Waals surface area contributed by atoms with E-state index in [-0.39, 0.29) is 18.6 Å². The molecule has 1 atom stereocenters. The summed E-state index contributed by atoms with van der Waals surface area (Å²) in [6.07, 6.45) is 0. The van der Waals surface area contributed by atoms with Crippen LogP contribution in [0.3, 0.4) is 0 Å². The number of benzene rings is 2. The minimum absolute atomic E-state index is 0.0245. The number of hydrogen-bond acceptors (Lipinski definition) is 4. The zero-order valence-electron chi connectivity index (χ0n) is 15.4. The van der Waals surface area contributed by atoms with Crippen molar-refractivity contribution in [3.05, 3.63) is 53.1 Å². The van der Waals surface area contributed by atoms with Gasteiger partial charge in [-0.05, 0) is 49.6 Å². The zero-order valence-corrected chi connectivity index (χ0v) is 15.4. The van der Waals surface area contributed by atoms with Gasteiger partial charge in [-0.3, -0.25) is 4.79 Å². The highest BCUT2D eigenvalue weighted by atomic mass is 16.5. The number of hydrogen-bond donors (Lipinski definition) is 1. The second-order valence-electron chi connectivity index (χ2n) is 5.91. The van der Waals surface area contributed by atoms with Crippen molar-refractivity contribution >= 4 is 5.91 Å². The fourth-order valence-corrected chi connectivity index (χ4v) is 2.65. The SMILES string of the molecule is COc1ccc([C@@H](C)NC(=O)COc2c(C)cccc2C)cc1OC. The molecule has 5 nitrogen and oxygen atoms in total. The normalized spacial score (nSPS) is 11.6. The third kappa shape index (κ3) is 4.66. The molecule has 134 valence electrons. The van der Waals surface area contributed by atoms with Crippen LogP contribution in [-0.2, 0) is 4.79 Å². The smallest absolute Gasteiger partial charge is 0.258 e. The van der Waals surface area contributed by atoms with E-state index in [9.17, 15) is 4.79 Å². The Balaban J connectivity index is 1.98. The average molecular weight is 343 g/mol. The van der Waals surface area contributed by atoms with Gasteiger partial charge in [0.15, 0.2) is 18.1 Å². The highest BCUT2D eigenvalue weighted by Crippen LogP contribution is 2.29. The lowest BCUT2D eigenvalue weighted by atomic mass is 10.1. The van der Waals surface area contributed by atoms with Crippen molar-refractivity contribution in [1.82, 2.24) is 5.32 Å². The molecule has 0 saturated carbocycles. The van der Waals surface area contributed by atoms with Crippen LogP contribution in [0, 0.1) is 13.8 Å². The lowest BCUT2D eigenvalue weighted by Gasteiger charge is -2.17. The van der Waals surface area contributed by atoms with E-state index in [1.54, 1.807) is 14.2 Å². The first-order valence-corrected chi connectivity index (χ1v) is 8.16. The molecular weight excluding hydrogens is 318 g/mol. The number of ether oxygens (including phenoxy) is 3. The predicted molar refractivity (Wildman–Crippen MR) is 97.5 cm³/mol. The molecule has 0 bridgehead atoms. The van der Waals surface area contributed by atoms with Crippen LogP contribution in [0.1, 0.15) is 29.7 Å². The monoisotopic (exact) mass is 343 g/mol. The molecular formula is C20H25NO4. The largest absolute Gasteiger partial charge is 0.493 e. The molecule has 1 N–H and O–H groups in total. The van der Waals surface area contributed by atoms with E-state index in [2.05, 4.69) is 5.32 Å². The molecule has 25 heavy (non-hydrogen) atoms. The van der Waals surface area contributed by atoms with Crippen molar-refractivity contribution in [2.24, 2.45) is 0 Å². The van der Waals surface area contributed by atoms with E-state index in [4.69, 9.17) is 14.2 Å². The molecule has 2 aromatic rings. The second kappa shape index (κ2) is 8.42. The Kier molecular flexibility index (Phi) is 6.28. The first-order valence-electron chi connectivity index (χ1n) is 8.16. The highest BCUT2D eigenvalue weighted by Gasteiger charge is 2.14. The number of para-hydroxylation sites is 1. The molecule has 0 aliphatic carbocycles. The van der Waals surface area contributed by atoms with Crippen LogP contribution < -0.4 is 19.5 Å². The van der Waals surface area contributed by atoms with Gasteiger partial charge < -0.3 is 19.5 Å². The van der Waals surface area contributed by atoms with E-state index >= 15 is 0 Å². The number of aryl methyl sites for hydroxylation is 2. The van der Waals surface area contributed by atoms with Crippen molar-refractivity contribution in [3.63, 3.8) is 0 Å². The van der Waals surface area contributed by atoms with Gasteiger partial charge in [-0.2, -0.15) is 0 Å². The van der Waals surface area contributed by atoms with Gasteiger partial charge in [-0.25, -0.2) is 0 Å². The third-order valence-corrected chi connectivity index (χ3v) is 4.04. The molecule has 2 aromatic carbocycles. The van der Waals surface area contributed by atoms with Gasteiger partial charge >= 0.3 is 0 Å². The molecule has 2 rings (SSSR count). The number of amides is 1. The number of methoxy groups -OCH3 is 2. The average Bonchev–Trinajstić information content (AvgIpc) is 2.60. The van der Waals surface area contributed by atoms with E-state index < -0.39 is 0 Å². The summed E-state index contributed by atoms with van der Waals surface area (Å²) in [5.41, 5.74) is 2.96. The van der Waals surface area contributed by atoms with E-state index in [0.717, 1.165) is 22.4 Å². The van der Waals surface area contributed by atoms with Gasteiger partial charge in [0, 0.05) is 0 Å². The van der Waals surface area contributed by atoms with E-state index in [0.29, 0.717) is 11.5 Å². The molecule has 0 aromatic heterocycles. The Hall–Kier alpha value is -2.69.